The number of anilines is 1. The first-order valence-corrected chi connectivity index (χ1v) is 10.00. The van der Waals surface area contributed by atoms with E-state index >= 15 is 0 Å². The average Bonchev–Trinajstić information content (AvgIpc) is 2.87. The summed E-state index contributed by atoms with van der Waals surface area (Å²) in [6.45, 7) is 10.0. The quantitative estimate of drug-likeness (QED) is 0.829. The Morgan fingerprint density at radius 2 is 1.62 bits per heavy atom. The Bertz CT molecular complexity index is 512. The van der Waals surface area contributed by atoms with Gasteiger partial charge in [-0.05, 0) is 44.6 Å². The maximum atomic E-state index is 4.80. The van der Waals surface area contributed by atoms with E-state index < -0.39 is 0 Å². The minimum absolute atomic E-state index is 0.837. The van der Waals surface area contributed by atoms with Crippen molar-refractivity contribution in [3.8, 4) is 0 Å². The van der Waals surface area contributed by atoms with Crippen LogP contribution < -0.4 is 4.90 Å². The van der Waals surface area contributed by atoms with Crippen molar-refractivity contribution in [1.29, 1.82) is 0 Å². The fourth-order valence-electron chi connectivity index (χ4n) is 4.15. The van der Waals surface area contributed by atoms with Crippen molar-refractivity contribution in [3.63, 3.8) is 0 Å². The summed E-state index contributed by atoms with van der Waals surface area (Å²) < 4.78 is 0. The van der Waals surface area contributed by atoms with Crippen molar-refractivity contribution in [1.82, 2.24) is 20.1 Å². The summed E-state index contributed by atoms with van der Waals surface area (Å²) >= 11 is 0. The highest BCUT2D eigenvalue weighted by atomic mass is 15.3. The Balaban J connectivity index is 1.58. The van der Waals surface area contributed by atoms with Crippen LogP contribution in [0, 0.1) is 5.92 Å². The molecule has 134 valence electrons. The second kappa shape index (κ2) is 8.75. The molecule has 1 aliphatic carbocycles. The lowest BCUT2D eigenvalue weighted by Crippen LogP contribution is -2.35. The number of aryl methyl sites for hydroxylation is 2. The zero-order valence-corrected chi connectivity index (χ0v) is 15.5. The van der Waals surface area contributed by atoms with E-state index in [1.165, 1.54) is 51.6 Å². The molecule has 5 nitrogen and oxygen atoms in total. The first-order chi connectivity index (χ1) is 11.8. The topological polar surface area (TPSA) is 45.2 Å². The molecule has 0 atom stereocenters. The van der Waals surface area contributed by atoms with Crippen LogP contribution in [0.3, 0.4) is 0 Å². The molecule has 5 heteroatoms. The molecule has 2 aliphatic rings. The summed E-state index contributed by atoms with van der Waals surface area (Å²) in [4.78, 5) is 9.81. The van der Waals surface area contributed by atoms with Gasteiger partial charge in [-0.2, -0.15) is 5.10 Å². The molecule has 0 N–H and O–H groups in total. The van der Waals surface area contributed by atoms with Crippen LogP contribution in [-0.2, 0) is 12.8 Å². The number of rotatable bonds is 5. The molecule has 1 saturated carbocycles. The SMILES string of the molecule is CCc1nnc(N2CCCN(CC3CCCCC3)CC2)nc1CC. The predicted molar refractivity (Wildman–Crippen MR) is 98.4 cm³/mol. The highest BCUT2D eigenvalue weighted by molar-refractivity contribution is 5.30. The fourth-order valence-corrected chi connectivity index (χ4v) is 4.15. The molecule has 1 aromatic rings. The van der Waals surface area contributed by atoms with Crippen LogP contribution in [0.5, 0.6) is 0 Å². The van der Waals surface area contributed by atoms with Crippen LogP contribution in [0.1, 0.15) is 63.8 Å². The molecule has 0 unspecified atom stereocenters. The number of aromatic nitrogens is 3. The molecule has 3 rings (SSSR count). The standard InChI is InChI=1S/C19H33N5/c1-3-17-18(4-2)21-22-19(20-17)24-12-8-11-23(13-14-24)15-16-9-6-5-7-10-16/h16H,3-15H2,1-2H3. The summed E-state index contributed by atoms with van der Waals surface area (Å²) in [5.41, 5.74) is 2.17. The molecule has 1 saturated heterocycles. The second-order valence-corrected chi connectivity index (χ2v) is 7.36. The lowest BCUT2D eigenvalue weighted by Gasteiger charge is -2.28. The van der Waals surface area contributed by atoms with Gasteiger partial charge in [-0.1, -0.05) is 33.1 Å². The van der Waals surface area contributed by atoms with Crippen LogP contribution in [-0.4, -0.2) is 52.8 Å². The molecular weight excluding hydrogens is 298 g/mol. The van der Waals surface area contributed by atoms with Crippen molar-refractivity contribution in [3.05, 3.63) is 11.4 Å². The molecule has 0 bridgehead atoms. The number of hydrogen-bond acceptors (Lipinski definition) is 5. The zero-order valence-electron chi connectivity index (χ0n) is 15.5. The minimum atomic E-state index is 0.837. The van der Waals surface area contributed by atoms with Crippen LogP contribution >= 0.6 is 0 Å². The molecule has 1 aromatic heterocycles. The lowest BCUT2D eigenvalue weighted by molar-refractivity contribution is 0.211. The van der Waals surface area contributed by atoms with E-state index in [0.717, 1.165) is 55.7 Å². The summed E-state index contributed by atoms with van der Waals surface area (Å²) in [5, 5.41) is 8.83. The third-order valence-electron chi connectivity index (χ3n) is 5.61. The van der Waals surface area contributed by atoms with Crippen molar-refractivity contribution in [2.24, 2.45) is 5.92 Å². The van der Waals surface area contributed by atoms with Crippen LogP contribution in [0.4, 0.5) is 5.95 Å². The van der Waals surface area contributed by atoms with Gasteiger partial charge in [-0.15, -0.1) is 5.10 Å². The number of hydrogen-bond donors (Lipinski definition) is 0. The Morgan fingerprint density at radius 3 is 2.38 bits per heavy atom. The van der Waals surface area contributed by atoms with Crippen molar-refractivity contribution in [2.45, 2.75) is 65.2 Å². The first-order valence-electron chi connectivity index (χ1n) is 10.00. The van der Waals surface area contributed by atoms with Gasteiger partial charge in [0.05, 0.1) is 11.4 Å². The third kappa shape index (κ3) is 4.44. The van der Waals surface area contributed by atoms with Gasteiger partial charge in [0.2, 0.25) is 5.95 Å². The molecule has 24 heavy (non-hydrogen) atoms. The second-order valence-electron chi connectivity index (χ2n) is 7.36. The third-order valence-corrected chi connectivity index (χ3v) is 5.61. The predicted octanol–water partition coefficient (Wildman–Crippen LogP) is 3.09. The van der Waals surface area contributed by atoms with Gasteiger partial charge in [-0.25, -0.2) is 4.98 Å². The summed E-state index contributed by atoms with van der Waals surface area (Å²) in [5.74, 6) is 1.77. The molecule has 2 heterocycles. The van der Waals surface area contributed by atoms with E-state index in [9.17, 15) is 0 Å². The largest absolute Gasteiger partial charge is 0.338 e. The fraction of sp³-hybridized carbons (Fsp3) is 0.842. The summed E-state index contributed by atoms with van der Waals surface area (Å²) in [7, 11) is 0. The van der Waals surface area contributed by atoms with Crippen LogP contribution in [0.2, 0.25) is 0 Å². The van der Waals surface area contributed by atoms with Gasteiger partial charge in [0.15, 0.2) is 0 Å². The lowest BCUT2D eigenvalue weighted by atomic mass is 9.89. The van der Waals surface area contributed by atoms with E-state index in [0.29, 0.717) is 0 Å². The molecule has 1 aliphatic heterocycles. The molecule has 2 fully saturated rings. The summed E-state index contributed by atoms with van der Waals surface area (Å²) in [6, 6.07) is 0. The molecule has 0 amide bonds. The van der Waals surface area contributed by atoms with E-state index in [2.05, 4.69) is 33.8 Å². The van der Waals surface area contributed by atoms with Gasteiger partial charge >= 0.3 is 0 Å². The van der Waals surface area contributed by atoms with E-state index in [1.807, 2.05) is 0 Å². The molecule has 0 aromatic carbocycles. The Morgan fingerprint density at radius 1 is 0.833 bits per heavy atom. The highest BCUT2D eigenvalue weighted by Crippen LogP contribution is 2.25. The van der Waals surface area contributed by atoms with Gasteiger partial charge < -0.3 is 9.80 Å². The maximum Gasteiger partial charge on any atom is 0.245 e. The van der Waals surface area contributed by atoms with Gasteiger partial charge in [0.1, 0.15) is 0 Å². The smallest absolute Gasteiger partial charge is 0.245 e. The first kappa shape index (κ1) is 17.6. The van der Waals surface area contributed by atoms with Gasteiger partial charge in [-0.3, -0.25) is 0 Å². The highest BCUT2D eigenvalue weighted by Gasteiger charge is 2.21. The van der Waals surface area contributed by atoms with Gasteiger partial charge in [0.25, 0.3) is 0 Å². The Hall–Kier alpha value is -1.23. The van der Waals surface area contributed by atoms with Crippen LogP contribution in [0.25, 0.3) is 0 Å². The summed E-state index contributed by atoms with van der Waals surface area (Å²) in [6.07, 6.45) is 10.2. The molecule has 0 spiro atoms. The molecule has 0 radical (unpaired) electrons. The normalized spacial score (nSPS) is 21.0. The minimum Gasteiger partial charge on any atom is -0.338 e. The van der Waals surface area contributed by atoms with E-state index in [-0.39, 0.29) is 0 Å². The van der Waals surface area contributed by atoms with Crippen molar-refractivity contribution >= 4 is 5.95 Å². The van der Waals surface area contributed by atoms with E-state index in [4.69, 9.17) is 4.98 Å². The average molecular weight is 332 g/mol. The van der Waals surface area contributed by atoms with Crippen LogP contribution in [0.15, 0.2) is 0 Å². The Kier molecular flexibility index (Phi) is 6.41. The van der Waals surface area contributed by atoms with E-state index in [1.54, 1.807) is 0 Å². The molecular formula is C19H33N5. The Labute approximate surface area is 146 Å². The van der Waals surface area contributed by atoms with Crippen molar-refractivity contribution in [2.75, 3.05) is 37.6 Å². The van der Waals surface area contributed by atoms with Crippen molar-refractivity contribution < 1.29 is 0 Å². The monoisotopic (exact) mass is 331 g/mol. The number of nitrogens with zero attached hydrogens (tertiary/aromatic N) is 5. The zero-order chi connectivity index (χ0) is 16.8. The van der Waals surface area contributed by atoms with Gasteiger partial charge in [0, 0.05) is 26.2 Å². The maximum absolute atomic E-state index is 4.80.